The molecule has 2 atom stereocenters. The van der Waals surface area contributed by atoms with Gasteiger partial charge in [-0.2, -0.15) is 0 Å². The molecule has 0 aromatic heterocycles. The molecule has 2 rings (SSSR count). The Hall–Kier alpha value is -1.07. The fourth-order valence-corrected chi connectivity index (χ4v) is 3.46. The third-order valence-electron chi connectivity index (χ3n) is 3.60. The molecule has 1 aromatic rings. The van der Waals surface area contributed by atoms with Gasteiger partial charge in [0.2, 0.25) is 11.8 Å². The fraction of sp³-hybridized carbons (Fsp3) is 0.467. The molecule has 4 nitrogen and oxygen atoms in total. The van der Waals surface area contributed by atoms with Gasteiger partial charge in [-0.3, -0.25) is 14.5 Å². The summed E-state index contributed by atoms with van der Waals surface area (Å²) in [6, 6.07) is 4.30. The summed E-state index contributed by atoms with van der Waals surface area (Å²) in [7, 11) is 0. The molecule has 0 aliphatic carbocycles. The number of anilines is 1. The summed E-state index contributed by atoms with van der Waals surface area (Å²) in [6.45, 7) is 3.89. The average Bonchev–Trinajstić information content (AvgIpc) is 2.43. The molecule has 1 heterocycles. The SMILES string of the molecule is CCCC1NC(=O)C(CC)N(c2ccc(Cl)cc2Br)C1=O. The number of nitrogens with zero attached hydrogens (tertiary/aromatic N) is 1. The Bertz CT molecular complexity index is 565. The summed E-state index contributed by atoms with van der Waals surface area (Å²) in [4.78, 5) is 26.6. The van der Waals surface area contributed by atoms with Crippen LogP contribution in [0.3, 0.4) is 0 Å². The smallest absolute Gasteiger partial charge is 0.250 e. The number of rotatable bonds is 4. The minimum atomic E-state index is -0.483. The van der Waals surface area contributed by atoms with Crippen LogP contribution < -0.4 is 10.2 Å². The maximum atomic E-state index is 12.7. The van der Waals surface area contributed by atoms with Crippen LogP contribution in [0.2, 0.25) is 5.02 Å². The first-order chi connectivity index (χ1) is 9.99. The fourth-order valence-electron chi connectivity index (χ4n) is 2.58. The highest BCUT2D eigenvalue weighted by molar-refractivity contribution is 9.10. The molecule has 1 N–H and O–H groups in total. The molecule has 1 saturated heterocycles. The zero-order valence-electron chi connectivity index (χ0n) is 12.0. The van der Waals surface area contributed by atoms with Gasteiger partial charge in [0.1, 0.15) is 12.1 Å². The van der Waals surface area contributed by atoms with Crippen LogP contribution in [0, 0.1) is 0 Å². The van der Waals surface area contributed by atoms with Crippen molar-refractivity contribution in [3.63, 3.8) is 0 Å². The molecule has 2 amide bonds. The molecule has 0 saturated carbocycles. The van der Waals surface area contributed by atoms with E-state index in [0.717, 1.165) is 6.42 Å². The molecule has 1 aliphatic heterocycles. The molecule has 114 valence electrons. The number of nitrogens with one attached hydrogen (secondary N) is 1. The lowest BCUT2D eigenvalue weighted by atomic mass is 10.0. The van der Waals surface area contributed by atoms with Crippen LogP contribution in [0.5, 0.6) is 0 Å². The van der Waals surface area contributed by atoms with Crippen molar-refractivity contribution in [1.29, 1.82) is 0 Å². The van der Waals surface area contributed by atoms with Gasteiger partial charge in [-0.1, -0.05) is 31.9 Å². The quantitative estimate of drug-likeness (QED) is 0.878. The van der Waals surface area contributed by atoms with E-state index in [4.69, 9.17) is 11.6 Å². The zero-order chi connectivity index (χ0) is 15.6. The van der Waals surface area contributed by atoms with Crippen molar-refractivity contribution < 1.29 is 9.59 Å². The van der Waals surface area contributed by atoms with Crippen molar-refractivity contribution in [2.75, 3.05) is 4.90 Å². The minimum Gasteiger partial charge on any atom is -0.342 e. The molecule has 0 bridgehead atoms. The third-order valence-corrected chi connectivity index (χ3v) is 4.47. The van der Waals surface area contributed by atoms with Crippen molar-refractivity contribution in [2.24, 2.45) is 0 Å². The molecular formula is C15H18BrClN2O2. The minimum absolute atomic E-state index is 0.0636. The maximum Gasteiger partial charge on any atom is 0.250 e. The number of benzene rings is 1. The van der Waals surface area contributed by atoms with Crippen molar-refractivity contribution in [1.82, 2.24) is 5.32 Å². The highest BCUT2D eigenvalue weighted by Crippen LogP contribution is 2.33. The number of carbonyl (C=O) groups is 2. The Labute approximate surface area is 138 Å². The van der Waals surface area contributed by atoms with Gasteiger partial charge in [0.25, 0.3) is 0 Å². The number of hydrogen-bond donors (Lipinski definition) is 1. The number of carbonyl (C=O) groups excluding carboxylic acids is 2. The topological polar surface area (TPSA) is 49.4 Å². The van der Waals surface area contributed by atoms with E-state index in [1.54, 1.807) is 23.1 Å². The van der Waals surface area contributed by atoms with E-state index in [0.29, 0.717) is 28.0 Å². The molecule has 21 heavy (non-hydrogen) atoms. The largest absolute Gasteiger partial charge is 0.342 e. The highest BCUT2D eigenvalue weighted by Gasteiger charge is 2.40. The Kier molecular flexibility index (Phi) is 5.27. The summed E-state index contributed by atoms with van der Waals surface area (Å²) < 4.78 is 0.715. The van der Waals surface area contributed by atoms with Crippen LogP contribution in [0.25, 0.3) is 0 Å². The van der Waals surface area contributed by atoms with Crippen LogP contribution in [0.15, 0.2) is 22.7 Å². The number of halogens is 2. The Balaban J connectivity index is 2.44. The van der Waals surface area contributed by atoms with Gasteiger partial charge in [-0.05, 0) is 47.0 Å². The van der Waals surface area contributed by atoms with Gasteiger partial charge in [-0.15, -0.1) is 0 Å². The lowest BCUT2D eigenvalue weighted by Crippen LogP contribution is -2.63. The van der Waals surface area contributed by atoms with Crippen molar-refractivity contribution in [2.45, 2.75) is 45.2 Å². The predicted molar refractivity (Wildman–Crippen MR) is 87.6 cm³/mol. The number of hydrogen-bond acceptors (Lipinski definition) is 2. The highest BCUT2D eigenvalue weighted by atomic mass is 79.9. The van der Waals surface area contributed by atoms with E-state index in [2.05, 4.69) is 21.2 Å². The van der Waals surface area contributed by atoms with Gasteiger partial charge in [0.05, 0.1) is 5.69 Å². The van der Waals surface area contributed by atoms with Crippen molar-refractivity contribution in [3.05, 3.63) is 27.7 Å². The number of piperazine rings is 1. The second-order valence-electron chi connectivity index (χ2n) is 5.08. The Morgan fingerprint density at radius 1 is 1.33 bits per heavy atom. The summed E-state index contributed by atoms with van der Waals surface area (Å²) in [5, 5.41) is 3.41. The van der Waals surface area contributed by atoms with E-state index >= 15 is 0 Å². The first-order valence-electron chi connectivity index (χ1n) is 7.08. The lowest BCUT2D eigenvalue weighted by Gasteiger charge is -2.39. The summed E-state index contributed by atoms with van der Waals surface area (Å²) in [5.74, 6) is -0.163. The molecule has 6 heteroatoms. The van der Waals surface area contributed by atoms with Gasteiger partial charge in [0.15, 0.2) is 0 Å². The maximum absolute atomic E-state index is 12.7. The van der Waals surface area contributed by atoms with Gasteiger partial charge in [0, 0.05) is 9.50 Å². The predicted octanol–water partition coefficient (Wildman–Crippen LogP) is 3.51. The summed E-state index contributed by atoms with van der Waals surface area (Å²) in [5.41, 5.74) is 0.687. The second-order valence-corrected chi connectivity index (χ2v) is 6.37. The zero-order valence-corrected chi connectivity index (χ0v) is 14.4. The van der Waals surface area contributed by atoms with Crippen LogP contribution in [0.1, 0.15) is 33.1 Å². The lowest BCUT2D eigenvalue weighted by molar-refractivity contribution is -0.134. The van der Waals surface area contributed by atoms with Gasteiger partial charge < -0.3 is 5.32 Å². The van der Waals surface area contributed by atoms with Crippen molar-refractivity contribution >= 4 is 45.0 Å². The first-order valence-corrected chi connectivity index (χ1v) is 8.25. The van der Waals surface area contributed by atoms with E-state index in [9.17, 15) is 9.59 Å². The molecule has 1 aliphatic rings. The standard InChI is InChI=1S/C15H18BrClN2O2/c1-3-5-11-15(21)19(12(4-2)14(20)18-11)13-7-6-9(17)8-10(13)16/h6-8,11-12H,3-5H2,1-2H3,(H,18,20). The number of amides is 2. The third kappa shape index (κ3) is 3.24. The van der Waals surface area contributed by atoms with E-state index in [1.165, 1.54) is 0 Å². The molecule has 0 spiro atoms. The van der Waals surface area contributed by atoms with Crippen LogP contribution >= 0.6 is 27.5 Å². The van der Waals surface area contributed by atoms with E-state index < -0.39 is 12.1 Å². The van der Waals surface area contributed by atoms with E-state index in [-0.39, 0.29) is 11.8 Å². The molecule has 0 radical (unpaired) electrons. The molecule has 1 fully saturated rings. The van der Waals surface area contributed by atoms with Crippen molar-refractivity contribution in [3.8, 4) is 0 Å². The van der Waals surface area contributed by atoms with Gasteiger partial charge in [-0.25, -0.2) is 0 Å². The molecule has 1 aromatic carbocycles. The summed E-state index contributed by atoms with van der Waals surface area (Å²) >= 11 is 9.39. The average molecular weight is 374 g/mol. The van der Waals surface area contributed by atoms with Crippen LogP contribution in [0.4, 0.5) is 5.69 Å². The second kappa shape index (κ2) is 6.79. The van der Waals surface area contributed by atoms with E-state index in [1.807, 2.05) is 13.8 Å². The molecular weight excluding hydrogens is 356 g/mol. The normalized spacial score (nSPS) is 22.4. The van der Waals surface area contributed by atoms with Gasteiger partial charge >= 0.3 is 0 Å². The first kappa shape index (κ1) is 16.3. The summed E-state index contributed by atoms with van der Waals surface area (Å²) in [6.07, 6.45) is 2.04. The monoisotopic (exact) mass is 372 g/mol. The Morgan fingerprint density at radius 2 is 2.05 bits per heavy atom. The van der Waals surface area contributed by atoms with Crippen LogP contribution in [-0.4, -0.2) is 23.9 Å². The van der Waals surface area contributed by atoms with Crippen LogP contribution in [-0.2, 0) is 9.59 Å². The molecule has 2 unspecified atom stereocenters. The Morgan fingerprint density at radius 3 is 2.62 bits per heavy atom.